The molecule has 0 spiro atoms. The second-order valence-electron chi connectivity index (χ2n) is 4.46. The third-order valence-electron chi connectivity index (χ3n) is 3.07. The third kappa shape index (κ3) is 3.92. The Balaban J connectivity index is 2.05. The zero-order valence-electron chi connectivity index (χ0n) is 10.5. The van der Waals surface area contributed by atoms with Crippen LogP contribution in [0.5, 0.6) is 0 Å². The van der Waals surface area contributed by atoms with Gasteiger partial charge in [-0.1, -0.05) is 0 Å². The molecule has 2 rings (SSSR count). The molecule has 1 aliphatic rings. The molecule has 0 amide bonds. The Labute approximate surface area is 121 Å². The number of morpholine rings is 1. The first-order chi connectivity index (χ1) is 8.99. The fourth-order valence-corrected chi connectivity index (χ4v) is 4.44. The molecular formula is C12H17BrN2O3S. The largest absolute Gasteiger partial charge is 0.399 e. The normalized spacial score (nSPS) is 17.5. The smallest absolute Gasteiger partial charge is 0.180 e. The molecule has 0 radical (unpaired) electrons. The molecule has 0 bridgehead atoms. The number of sulfone groups is 1. The first-order valence-corrected chi connectivity index (χ1v) is 8.51. The highest BCUT2D eigenvalue weighted by Crippen LogP contribution is 2.25. The summed E-state index contributed by atoms with van der Waals surface area (Å²) in [6, 6.07) is 4.77. The van der Waals surface area contributed by atoms with Gasteiger partial charge >= 0.3 is 0 Å². The van der Waals surface area contributed by atoms with E-state index in [1.54, 1.807) is 18.2 Å². The van der Waals surface area contributed by atoms with Gasteiger partial charge in [0.25, 0.3) is 0 Å². The Morgan fingerprint density at radius 3 is 2.63 bits per heavy atom. The van der Waals surface area contributed by atoms with E-state index < -0.39 is 9.84 Å². The van der Waals surface area contributed by atoms with Gasteiger partial charge in [-0.3, -0.25) is 4.90 Å². The van der Waals surface area contributed by atoms with E-state index in [0.29, 0.717) is 34.8 Å². The number of hydrogen-bond donors (Lipinski definition) is 1. The molecule has 1 aromatic rings. The van der Waals surface area contributed by atoms with Crippen molar-refractivity contribution in [1.29, 1.82) is 0 Å². The molecule has 7 heteroatoms. The standard InChI is InChI=1S/C12H17BrN2O3S/c13-11-9-10(14)1-2-12(11)19(16,17)8-5-15-3-6-18-7-4-15/h1-2,9H,3-8,14H2. The van der Waals surface area contributed by atoms with Crippen molar-refractivity contribution < 1.29 is 13.2 Å². The van der Waals surface area contributed by atoms with Gasteiger partial charge in [0, 0.05) is 29.8 Å². The Morgan fingerprint density at radius 1 is 1.32 bits per heavy atom. The van der Waals surface area contributed by atoms with Gasteiger partial charge in [-0.15, -0.1) is 0 Å². The van der Waals surface area contributed by atoms with E-state index in [-0.39, 0.29) is 5.75 Å². The molecule has 1 saturated heterocycles. The molecular weight excluding hydrogens is 332 g/mol. The lowest BCUT2D eigenvalue weighted by Gasteiger charge is -2.26. The van der Waals surface area contributed by atoms with Gasteiger partial charge in [-0.25, -0.2) is 8.42 Å². The molecule has 0 saturated carbocycles. The van der Waals surface area contributed by atoms with Crippen LogP contribution >= 0.6 is 15.9 Å². The average molecular weight is 349 g/mol. The number of nitrogen functional groups attached to an aromatic ring is 1. The van der Waals surface area contributed by atoms with Gasteiger partial charge in [0.05, 0.1) is 23.9 Å². The summed E-state index contributed by atoms with van der Waals surface area (Å²) in [4.78, 5) is 2.40. The predicted octanol–water partition coefficient (Wildman–Crippen LogP) is 1.14. The Bertz CT molecular complexity index is 542. The van der Waals surface area contributed by atoms with Crippen molar-refractivity contribution in [2.75, 3.05) is 44.3 Å². The minimum absolute atomic E-state index is 0.107. The number of hydrogen-bond acceptors (Lipinski definition) is 5. The summed E-state index contributed by atoms with van der Waals surface area (Å²) in [6.45, 7) is 3.45. The number of ether oxygens (including phenoxy) is 1. The summed E-state index contributed by atoms with van der Waals surface area (Å²) >= 11 is 3.26. The van der Waals surface area contributed by atoms with Crippen LogP contribution in [-0.4, -0.2) is 51.9 Å². The van der Waals surface area contributed by atoms with Crippen LogP contribution in [0.1, 0.15) is 0 Å². The highest BCUT2D eigenvalue weighted by molar-refractivity contribution is 9.10. The van der Waals surface area contributed by atoms with E-state index in [0.717, 1.165) is 13.1 Å². The monoisotopic (exact) mass is 348 g/mol. The number of halogens is 1. The molecule has 2 N–H and O–H groups in total. The van der Waals surface area contributed by atoms with E-state index in [9.17, 15) is 8.42 Å². The van der Waals surface area contributed by atoms with Crippen molar-refractivity contribution >= 4 is 31.5 Å². The highest BCUT2D eigenvalue weighted by Gasteiger charge is 2.20. The van der Waals surface area contributed by atoms with Crippen LogP contribution in [0.15, 0.2) is 27.6 Å². The van der Waals surface area contributed by atoms with Crippen molar-refractivity contribution in [3.05, 3.63) is 22.7 Å². The molecule has 1 heterocycles. The van der Waals surface area contributed by atoms with Crippen LogP contribution in [0.25, 0.3) is 0 Å². The van der Waals surface area contributed by atoms with E-state index in [4.69, 9.17) is 10.5 Å². The van der Waals surface area contributed by atoms with Crippen LogP contribution in [0.2, 0.25) is 0 Å². The number of nitrogens with zero attached hydrogens (tertiary/aromatic N) is 1. The lowest BCUT2D eigenvalue weighted by Crippen LogP contribution is -2.39. The van der Waals surface area contributed by atoms with Gasteiger partial charge in [0.1, 0.15) is 0 Å². The first kappa shape index (κ1) is 14.8. The quantitative estimate of drug-likeness (QED) is 0.826. The molecule has 0 atom stereocenters. The highest BCUT2D eigenvalue weighted by atomic mass is 79.9. The van der Waals surface area contributed by atoms with Crippen molar-refractivity contribution in [2.45, 2.75) is 4.90 Å². The van der Waals surface area contributed by atoms with Crippen molar-refractivity contribution in [3.8, 4) is 0 Å². The third-order valence-corrected chi connectivity index (χ3v) is 5.74. The Morgan fingerprint density at radius 2 is 2.00 bits per heavy atom. The summed E-state index contributed by atoms with van der Waals surface area (Å²) < 4.78 is 30.3. The van der Waals surface area contributed by atoms with Crippen molar-refractivity contribution in [2.24, 2.45) is 0 Å². The minimum Gasteiger partial charge on any atom is -0.399 e. The molecule has 5 nitrogen and oxygen atoms in total. The maximum absolute atomic E-state index is 12.3. The molecule has 1 aliphatic heterocycles. The molecule has 106 valence electrons. The first-order valence-electron chi connectivity index (χ1n) is 6.07. The number of benzene rings is 1. The van der Waals surface area contributed by atoms with E-state index >= 15 is 0 Å². The maximum Gasteiger partial charge on any atom is 0.180 e. The van der Waals surface area contributed by atoms with E-state index in [1.165, 1.54) is 0 Å². The topological polar surface area (TPSA) is 72.6 Å². The lowest BCUT2D eigenvalue weighted by molar-refractivity contribution is 0.0408. The van der Waals surface area contributed by atoms with Gasteiger partial charge in [-0.2, -0.15) is 0 Å². The Hall–Kier alpha value is -0.630. The van der Waals surface area contributed by atoms with Crippen LogP contribution in [0, 0.1) is 0 Å². The van der Waals surface area contributed by atoms with Gasteiger partial charge in [-0.05, 0) is 34.1 Å². The van der Waals surface area contributed by atoms with Crippen LogP contribution in [0.4, 0.5) is 5.69 Å². The Kier molecular flexibility index (Phi) is 4.83. The molecule has 1 fully saturated rings. The van der Waals surface area contributed by atoms with E-state index in [1.807, 2.05) is 0 Å². The maximum atomic E-state index is 12.3. The summed E-state index contributed by atoms with van der Waals surface area (Å²) in [7, 11) is -3.29. The average Bonchev–Trinajstić information content (AvgIpc) is 2.37. The zero-order valence-corrected chi connectivity index (χ0v) is 12.9. The lowest BCUT2D eigenvalue weighted by atomic mass is 10.3. The number of nitrogens with two attached hydrogens (primary N) is 1. The van der Waals surface area contributed by atoms with Crippen LogP contribution in [0.3, 0.4) is 0 Å². The van der Waals surface area contributed by atoms with Crippen molar-refractivity contribution in [1.82, 2.24) is 4.90 Å². The fourth-order valence-electron chi connectivity index (χ4n) is 1.95. The molecule has 0 aromatic heterocycles. The second-order valence-corrected chi connectivity index (χ2v) is 7.39. The van der Waals surface area contributed by atoms with Crippen LogP contribution < -0.4 is 5.73 Å². The molecule has 19 heavy (non-hydrogen) atoms. The van der Waals surface area contributed by atoms with Gasteiger partial charge in [0.2, 0.25) is 0 Å². The molecule has 0 unspecified atom stereocenters. The number of rotatable bonds is 4. The molecule has 0 aliphatic carbocycles. The van der Waals surface area contributed by atoms with Crippen LogP contribution in [-0.2, 0) is 14.6 Å². The number of anilines is 1. The predicted molar refractivity (Wildman–Crippen MR) is 77.9 cm³/mol. The summed E-state index contributed by atoms with van der Waals surface area (Å²) in [5.74, 6) is 0.107. The van der Waals surface area contributed by atoms with E-state index in [2.05, 4.69) is 20.8 Å². The molecule has 1 aromatic carbocycles. The van der Waals surface area contributed by atoms with Gasteiger partial charge in [0.15, 0.2) is 9.84 Å². The summed E-state index contributed by atoms with van der Waals surface area (Å²) in [5, 5.41) is 0. The SMILES string of the molecule is Nc1ccc(S(=O)(=O)CCN2CCOCC2)c(Br)c1. The second kappa shape index (κ2) is 6.21. The summed E-state index contributed by atoms with van der Waals surface area (Å²) in [6.07, 6.45) is 0. The fraction of sp³-hybridized carbons (Fsp3) is 0.500. The minimum atomic E-state index is -3.29. The summed E-state index contributed by atoms with van der Waals surface area (Å²) in [5.41, 5.74) is 6.16. The van der Waals surface area contributed by atoms with Gasteiger partial charge < -0.3 is 10.5 Å². The zero-order chi connectivity index (χ0) is 13.9. The van der Waals surface area contributed by atoms with Crippen molar-refractivity contribution in [3.63, 3.8) is 0 Å².